The first-order valence-electron chi connectivity index (χ1n) is 5.83. The average molecular weight is 318 g/mol. The second-order valence-electron chi connectivity index (χ2n) is 4.46. The third kappa shape index (κ3) is 3.36. The monoisotopic (exact) mass is 317 g/mol. The van der Waals surface area contributed by atoms with Crippen LogP contribution in [0.4, 0.5) is 18.9 Å². The summed E-state index contributed by atoms with van der Waals surface area (Å²) in [4.78, 5) is 13.5. The largest absolute Gasteiger partial charge is 0.416 e. The number of benzene rings is 1. The Morgan fingerprint density at radius 3 is 2.52 bits per heavy atom. The molecule has 0 radical (unpaired) electrons. The van der Waals surface area contributed by atoms with E-state index in [4.69, 9.17) is 11.6 Å². The van der Waals surface area contributed by atoms with Crippen LogP contribution in [-0.2, 0) is 13.2 Å². The van der Waals surface area contributed by atoms with Gasteiger partial charge in [0.15, 0.2) is 0 Å². The van der Waals surface area contributed by atoms with E-state index in [0.717, 1.165) is 12.1 Å². The minimum atomic E-state index is -4.56. The molecule has 112 valence electrons. The lowest BCUT2D eigenvalue weighted by Gasteiger charge is -2.16. The first-order valence-corrected chi connectivity index (χ1v) is 6.21. The molecule has 1 aromatic heterocycles. The standard InChI is InChI=1S/C13H11ClF3N3O/c1-19-7-11(6-18-19)20(2)12(21)8-3-9(13(15,16)17)5-10(14)4-8/h3-7H,1-2H3. The zero-order valence-corrected chi connectivity index (χ0v) is 11.9. The van der Waals surface area contributed by atoms with Crippen molar-refractivity contribution in [2.45, 2.75) is 6.18 Å². The van der Waals surface area contributed by atoms with Crippen molar-refractivity contribution in [2.75, 3.05) is 11.9 Å². The van der Waals surface area contributed by atoms with Crippen molar-refractivity contribution >= 4 is 23.2 Å². The lowest BCUT2D eigenvalue weighted by Crippen LogP contribution is -2.26. The second kappa shape index (κ2) is 5.40. The fourth-order valence-electron chi connectivity index (χ4n) is 1.77. The summed E-state index contributed by atoms with van der Waals surface area (Å²) < 4.78 is 39.7. The van der Waals surface area contributed by atoms with Gasteiger partial charge in [-0.3, -0.25) is 9.48 Å². The molecule has 21 heavy (non-hydrogen) atoms. The van der Waals surface area contributed by atoms with Crippen LogP contribution >= 0.6 is 11.6 Å². The fourth-order valence-corrected chi connectivity index (χ4v) is 2.00. The summed E-state index contributed by atoms with van der Waals surface area (Å²) in [6, 6.07) is 2.76. The van der Waals surface area contributed by atoms with Crippen LogP contribution in [-0.4, -0.2) is 22.7 Å². The summed E-state index contributed by atoms with van der Waals surface area (Å²) in [7, 11) is 3.12. The number of halogens is 4. The first-order chi connectivity index (χ1) is 9.68. The number of carbonyl (C=O) groups excluding carboxylic acids is 1. The number of amides is 1. The average Bonchev–Trinajstić information content (AvgIpc) is 2.82. The Labute approximate surface area is 123 Å². The maximum atomic E-state index is 12.7. The van der Waals surface area contributed by atoms with E-state index in [9.17, 15) is 18.0 Å². The van der Waals surface area contributed by atoms with Crippen LogP contribution in [0.25, 0.3) is 0 Å². The van der Waals surface area contributed by atoms with E-state index in [1.165, 1.54) is 28.9 Å². The summed E-state index contributed by atoms with van der Waals surface area (Å²) in [5, 5.41) is 3.76. The number of carbonyl (C=O) groups is 1. The molecule has 2 aromatic rings. The zero-order chi connectivity index (χ0) is 15.8. The van der Waals surface area contributed by atoms with Crippen molar-refractivity contribution in [3.8, 4) is 0 Å². The molecule has 1 amide bonds. The number of anilines is 1. The fraction of sp³-hybridized carbons (Fsp3) is 0.231. The van der Waals surface area contributed by atoms with E-state index in [1.54, 1.807) is 13.2 Å². The Morgan fingerprint density at radius 2 is 2.00 bits per heavy atom. The topological polar surface area (TPSA) is 38.1 Å². The zero-order valence-electron chi connectivity index (χ0n) is 11.1. The highest BCUT2D eigenvalue weighted by Crippen LogP contribution is 2.32. The van der Waals surface area contributed by atoms with Gasteiger partial charge in [0.05, 0.1) is 17.4 Å². The molecule has 1 aromatic carbocycles. The maximum Gasteiger partial charge on any atom is 0.416 e. The van der Waals surface area contributed by atoms with Gasteiger partial charge < -0.3 is 4.90 Å². The Hall–Kier alpha value is -2.02. The highest BCUT2D eigenvalue weighted by atomic mass is 35.5. The quantitative estimate of drug-likeness (QED) is 0.851. The molecule has 0 unspecified atom stereocenters. The van der Waals surface area contributed by atoms with Gasteiger partial charge in [-0.05, 0) is 18.2 Å². The van der Waals surface area contributed by atoms with Crippen molar-refractivity contribution in [1.29, 1.82) is 0 Å². The molecule has 0 atom stereocenters. The maximum absolute atomic E-state index is 12.7. The molecular weight excluding hydrogens is 307 g/mol. The molecule has 4 nitrogen and oxygen atoms in total. The van der Waals surface area contributed by atoms with Crippen LogP contribution < -0.4 is 4.90 Å². The highest BCUT2D eigenvalue weighted by molar-refractivity contribution is 6.31. The van der Waals surface area contributed by atoms with Crippen molar-refractivity contribution < 1.29 is 18.0 Å². The van der Waals surface area contributed by atoms with E-state index in [0.29, 0.717) is 5.69 Å². The number of nitrogens with zero attached hydrogens (tertiary/aromatic N) is 3. The summed E-state index contributed by atoms with van der Waals surface area (Å²) >= 11 is 5.67. The van der Waals surface area contributed by atoms with Crippen LogP contribution in [0.3, 0.4) is 0 Å². The van der Waals surface area contributed by atoms with Gasteiger partial charge in [-0.1, -0.05) is 11.6 Å². The van der Waals surface area contributed by atoms with Gasteiger partial charge in [-0.25, -0.2) is 0 Å². The predicted molar refractivity (Wildman–Crippen MR) is 72.4 cm³/mol. The van der Waals surface area contributed by atoms with Crippen molar-refractivity contribution in [2.24, 2.45) is 7.05 Å². The van der Waals surface area contributed by atoms with Gasteiger partial charge in [0.25, 0.3) is 5.91 Å². The van der Waals surface area contributed by atoms with Gasteiger partial charge in [-0.2, -0.15) is 18.3 Å². The summed E-state index contributed by atoms with van der Waals surface area (Å²) in [5.41, 5.74) is -0.629. The first kappa shape index (κ1) is 15.4. The molecule has 2 rings (SSSR count). The van der Waals surface area contributed by atoms with E-state index < -0.39 is 17.6 Å². The minimum Gasteiger partial charge on any atom is -0.309 e. The third-order valence-corrected chi connectivity index (χ3v) is 3.07. The third-order valence-electron chi connectivity index (χ3n) is 2.86. The summed E-state index contributed by atoms with van der Waals surface area (Å²) in [6.45, 7) is 0. The number of aryl methyl sites for hydroxylation is 1. The summed E-state index contributed by atoms with van der Waals surface area (Å²) in [5.74, 6) is -0.601. The molecule has 0 saturated heterocycles. The van der Waals surface area contributed by atoms with Crippen molar-refractivity contribution in [1.82, 2.24) is 9.78 Å². The van der Waals surface area contributed by atoms with Gasteiger partial charge in [0, 0.05) is 30.9 Å². The molecule has 0 fully saturated rings. The van der Waals surface area contributed by atoms with Gasteiger partial charge in [-0.15, -0.1) is 0 Å². The predicted octanol–water partition coefficient (Wildman–Crippen LogP) is 3.37. The molecule has 0 aliphatic carbocycles. The van der Waals surface area contributed by atoms with Gasteiger partial charge >= 0.3 is 6.18 Å². The molecule has 0 aliphatic rings. The Morgan fingerprint density at radius 1 is 1.33 bits per heavy atom. The SMILES string of the molecule is CN(C(=O)c1cc(Cl)cc(C(F)(F)F)c1)c1cnn(C)c1. The van der Waals surface area contributed by atoms with Gasteiger partial charge in [0.1, 0.15) is 0 Å². The van der Waals surface area contributed by atoms with Crippen LogP contribution in [0.5, 0.6) is 0 Å². The van der Waals surface area contributed by atoms with E-state index in [-0.39, 0.29) is 10.6 Å². The lowest BCUT2D eigenvalue weighted by molar-refractivity contribution is -0.137. The molecule has 0 spiro atoms. The normalized spacial score (nSPS) is 11.5. The molecule has 0 bridgehead atoms. The van der Waals surface area contributed by atoms with Crippen LogP contribution in [0, 0.1) is 0 Å². The van der Waals surface area contributed by atoms with Crippen LogP contribution in [0.1, 0.15) is 15.9 Å². The smallest absolute Gasteiger partial charge is 0.309 e. The lowest BCUT2D eigenvalue weighted by atomic mass is 10.1. The minimum absolute atomic E-state index is 0.138. The molecule has 0 aliphatic heterocycles. The molecular formula is C13H11ClF3N3O. The number of aromatic nitrogens is 2. The van der Waals surface area contributed by atoms with E-state index >= 15 is 0 Å². The van der Waals surface area contributed by atoms with Crippen LogP contribution in [0.15, 0.2) is 30.6 Å². The second-order valence-corrected chi connectivity index (χ2v) is 4.90. The molecule has 0 N–H and O–H groups in total. The summed E-state index contributed by atoms with van der Waals surface area (Å²) in [6.07, 6.45) is -1.55. The van der Waals surface area contributed by atoms with Crippen LogP contribution in [0.2, 0.25) is 5.02 Å². The molecule has 0 saturated carbocycles. The number of hydrogen-bond acceptors (Lipinski definition) is 2. The van der Waals surface area contributed by atoms with Crippen molar-refractivity contribution in [3.05, 3.63) is 46.7 Å². The highest BCUT2D eigenvalue weighted by Gasteiger charge is 2.32. The van der Waals surface area contributed by atoms with Gasteiger partial charge in [0.2, 0.25) is 0 Å². The number of alkyl halides is 3. The van der Waals surface area contributed by atoms with E-state index in [1.807, 2.05) is 0 Å². The Balaban J connectivity index is 2.37. The number of hydrogen-bond donors (Lipinski definition) is 0. The van der Waals surface area contributed by atoms with E-state index in [2.05, 4.69) is 5.10 Å². The Kier molecular flexibility index (Phi) is 3.95. The molecule has 1 heterocycles. The number of rotatable bonds is 2. The van der Waals surface area contributed by atoms with Crippen molar-refractivity contribution in [3.63, 3.8) is 0 Å². The Bertz CT molecular complexity index is 682. The molecule has 8 heteroatoms.